The molecule has 0 spiro atoms. The van der Waals surface area contributed by atoms with E-state index in [1.54, 1.807) is 12.1 Å². The lowest BCUT2D eigenvalue weighted by Gasteiger charge is -2.18. The van der Waals surface area contributed by atoms with Gasteiger partial charge in [0.25, 0.3) is 0 Å². The molecule has 0 saturated carbocycles. The van der Waals surface area contributed by atoms with E-state index in [9.17, 15) is 9.90 Å². The number of ketones is 1. The normalized spacial score (nSPS) is 11.1. The SMILES string of the molecule is CCCCOc1cc(O)c(C(=O)/C=C/c2cc(OCCCC)c(OCCCC)c(OCCCC)c2)c(OCCCC)c1. The van der Waals surface area contributed by atoms with Crippen molar-refractivity contribution in [3.63, 3.8) is 0 Å². The van der Waals surface area contributed by atoms with Gasteiger partial charge in [0, 0.05) is 12.1 Å². The minimum atomic E-state index is -0.371. The summed E-state index contributed by atoms with van der Waals surface area (Å²) >= 11 is 0. The van der Waals surface area contributed by atoms with Gasteiger partial charge < -0.3 is 28.8 Å². The molecule has 1 N–H and O–H groups in total. The van der Waals surface area contributed by atoms with Crippen molar-refractivity contribution < 1.29 is 33.6 Å². The molecule has 0 aliphatic rings. The van der Waals surface area contributed by atoms with Crippen molar-refractivity contribution in [1.82, 2.24) is 0 Å². The number of unbranched alkanes of at least 4 members (excludes halogenated alkanes) is 5. The average molecular weight is 585 g/mol. The number of aromatic hydroxyl groups is 1. The Morgan fingerprint density at radius 3 is 1.57 bits per heavy atom. The molecular formula is C35H52O7. The molecule has 0 unspecified atom stereocenters. The first-order valence-corrected chi connectivity index (χ1v) is 15.9. The van der Waals surface area contributed by atoms with E-state index in [0.29, 0.717) is 61.8 Å². The van der Waals surface area contributed by atoms with Crippen LogP contribution in [0.15, 0.2) is 30.3 Å². The zero-order chi connectivity index (χ0) is 30.6. The summed E-state index contributed by atoms with van der Waals surface area (Å²) in [6.45, 7) is 13.2. The molecule has 0 aromatic heterocycles. The second kappa shape index (κ2) is 20.5. The molecule has 0 saturated heterocycles. The van der Waals surface area contributed by atoms with Gasteiger partial charge in [-0.25, -0.2) is 0 Å². The number of carbonyl (C=O) groups is 1. The lowest BCUT2D eigenvalue weighted by molar-refractivity contribution is 0.104. The fourth-order valence-corrected chi connectivity index (χ4v) is 3.96. The number of phenols is 1. The maximum Gasteiger partial charge on any atom is 0.203 e. The van der Waals surface area contributed by atoms with Crippen LogP contribution in [-0.2, 0) is 0 Å². The lowest BCUT2D eigenvalue weighted by Crippen LogP contribution is -2.06. The Labute approximate surface area is 253 Å². The van der Waals surface area contributed by atoms with Gasteiger partial charge in [0.2, 0.25) is 5.75 Å². The molecule has 0 fully saturated rings. The molecular weight excluding hydrogens is 532 g/mol. The van der Waals surface area contributed by atoms with Gasteiger partial charge in [-0.05, 0) is 55.9 Å². The van der Waals surface area contributed by atoms with Gasteiger partial charge in [-0.2, -0.15) is 0 Å². The van der Waals surface area contributed by atoms with Crippen LogP contribution in [0.5, 0.6) is 34.5 Å². The van der Waals surface area contributed by atoms with E-state index in [4.69, 9.17) is 23.7 Å². The van der Waals surface area contributed by atoms with Crippen molar-refractivity contribution in [2.45, 2.75) is 98.8 Å². The number of phenolic OH excluding ortho intramolecular Hbond substituents is 1. The fourth-order valence-electron chi connectivity index (χ4n) is 3.96. The quantitative estimate of drug-likeness (QED) is 0.0792. The first-order chi connectivity index (χ1) is 20.5. The van der Waals surface area contributed by atoms with Gasteiger partial charge in [-0.1, -0.05) is 72.8 Å². The van der Waals surface area contributed by atoms with Crippen molar-refractivity contribution in [3.05, 3.63) is 41.5 Å². The Morgan fingerprint density at radius 1 is 0.619 bits per heavy atom. The van der Waals surface area contributed by atoms with Crippen molar-refractivity contribution in [2.24, 2.45) is 0 Å². The summed E-state index contributed by atoms with van der Waals surface area (Å²) in [5, 5.41) is 10.8. The molecule has 0 bridgehead atoms. The summed E-state index contributed by atoms with van der Waals surface area (Å²) in [5.74, 6) is 2.05. The van der Waals surface area contributed by atoms with Crippen molar-refractivity contribution in [3.8, 4) is 34.5 Å². The van der Waals surface area contributed by atoms with Crippen LogP contribution >= 0.6 is 0 Å². The van der Waals surface area contributed by atoms with E-state index in [0.717, 1.165) is 69.8 Å². The van der Waals surface area contributed by atoms with Gasteiger partial charge in [0.1, 0.15) is 22.8 Å². The van der Waals surface area contributed by atoms with E-state index in [1.165, 1.54) is 12.1 Å². The van der Waals surface area contributed by atoms with Crippen LogP contribution in [0.25, 0.3) is 6.08 Å². The smallest absolute Gasteiger partial charge is 0.203 e. The van der Waals surface area contributed by atoms with Crippen LogP contribution < -0.4 is 23.7 Å². The third-order valence-electron chi connectivity index (χ3n) is 6.55. The summed E-state index contributed by atoms with van der Waals surface area (Å²) in [7, 11) is 0. The Morgan fingerprint density at radius 2 is 1.07 bits per heavy atom. The van der Waals surface area contributed by atoms with E-state index in [1.807, 2.05) is 12.1 Å². The minimum absolute atomic E-state index is 0.114. The number of rotatable bonds is 23. The number of benzene rings is 2. The monoisotopic (exact) mass is 584 g/mol. The largest absolute Gasteiger partial charge is 0.507 e. The maximum absolute atomic E-state index is 13.4. The van der Waals surface area contributed by atoms with E-state index in [2.05, 4.69) is 34.6 Å². The third-order valence-corrected chi connectivity index (χ3v) is 6.55. The zero-order valence-corrected chi connectivity index (χ0v) is 26.5. The van der Waals surface area contributed by atoms with E-state index < -0.39 is 0 Å². The van der Waals surface area contributed by atoms with E-state index >= 15 is 0 Å². The van der Waals surface area contributed by atoms with Crippen molar-refractivity contribution in [1.29, 1.82) is 0 Å². The van der Waals surface area contributed by atoms with Crippen molar-refractivity contribution >= 4 is 11.9 Å². The standard InChI is InChI=1S/C35H52O7/c1-6-11-18-38-28-25-30(37)34(31(26-28)39-19-12-7-2)29(36)17-16-27-23-32(40-20-13-8-3)35(42-22-15-10-5)33(24-27)41-21-14-9-4/h16-17,23-26,37H,6-15,18-22H2,1-5H3/b17-16+. The number of ether oxygens (including phenoxy) is 5. The number of hydrogen-bond acceptors (Lipinski definition) is 7. The Bertz CT molecular complexity index is 1060. The van der Waals surface area contributed by atoms with Crippen LogP contribution in [0.2, 0.25) is 0 Å². The van der Waals surface area contributed by atoms with E-state index in [-0.39, 0.29) is 17.1 Å². The molecule has 7 nitrogen and oxygen atoms in total. The van der Waals surface area contributed by atoms with Crippen LogP contribution in [0.1, 0.15) is 115 Å². The summed E-state index contributed by atoms with van der Waals surface area (Å²) in [4.78, 5) is 13.4. The molecule has 234 valence electrons. The summed E-state index contributed by atoms with van der Waals surface area (Å²) in [6, 6.07) is 6.91. The van der Waals surface area contributed by atoms with Crippen LogP contribution in [0.4, 0.5) is 0 Å². The number of allylic oxidation sites excluding steroid dienone is 1. The van der Waals surface area contributed by atoms with Gasteiger partial charge >= 0.3 is 0 Å². The molecule has 2 aromatic carbocycles. The van der Waals surface area contributed by atoms with Gasteiger partial charge in [-0.15, -0.1) is 0 Å². The average Bonchev–Trinajstić information content (AvgIpc) is 2.97. The molecule has 0 heterocycles. The molecule has 0 aliphatic heterocycles. The molecule has 0 amide bonds. The summed E-state index contributed by atoms with van der Waals surface area (Å²) in [5.41, 5.74) is 0.847. The highest BCUT2D eigenvalue weighted by molar-refractivity contribution is 6.10. The Balaban J connectivity index is 2.43. The first-order valence-electron chi connectivity index (χ1n) is 15.9. The molecule has 42 heavy (non-hydrogen) atoms. The van der Waals surface area contributed by atoms with Crippen LogP contribution in [0.3, 0.4) is 0 Å². The lowest BCUT2D eigenvalue weighted by atomic mass is 10.1. The predicted octanol–water partition coefficient (Wildman–Crippen LogP) is 9.18. The highest BCUT2D eigenvalue weighted by atomic mass is 16.5. The molecule has 2 rings (SSSR count). The van der Waals surface area contributed by atoms with Crippen LogP contribution in [-0.4, -0.2) is 43.9 Å². The Kier molecular flexibility index (Phi) is 17.0. The summed E-state index contributed by atoms with van der Waals surface area (Å²) < 4.78 is 30.1. The van der Waals surface area contributed by atoms with Gasteiger partial charge in [-0.3, -0.25) is 4.79 Å². The first kappa shape index (κ1) is 34.8. The molecule has 7 heteroatoms. The highest BCUT2D eigenvalue weighted by Gasteiger charge is 2.19. The topological polar surface area (TPSA) is 83.5 Å². The summed E-state index contributed by atoms with van der Waals surface area (Å²) in [6.07, 6.45) is 12.6. The fraction of sp³-hybridized carbons (Fsp3) is 0.571. The minimum Gasteiger partial charge on any atom is -0.507 e. The second-order valence-electron chi connectivity index (χ2n) is 10.4. The third kappa shape index (κ3) is 11.9. The predicted molar refractivity (Wildman–Crippen MR) is 170 cm³/mol. The molecule has 0 radical (unpaired) electrons. The second-order valence-corrected chi connectivity index (χ2v) is 10.4. The van der Waals surface area contributed by atoms with Gasteiger partial charge in [0.15, 0.2) is 17.3 Å². The van der Waals surface area contributed by atoms with Crippen LogP contribution in [0, 0.1) is 0 Å². The number of carbonyl (C=O) groups excluding carboxylic acids is 1. The maximum atomic E-state index is 13.4. The highest BCUT2D eigenvalue weighted by Crippen LogP contribution is 2.40. The molecule has 2 aromatic rings. The number of hydrogen-bond donors (Lipinski definition) is 1. The molecule has 0 atom stereocenters. The van der Waals surface area contributed by atoms with Gasteiger partial charge in [0.05, 0.1) is 33.0 Å². The molecule has 0 aliphatic carbocycles. The van der Waals surface area contributed by atoms with Crippen molar-refractivity contribution in [2.75, 3.05) is 33.0 Å². The zero-order valence-electron chi connectivity index (χ0n) is 26.5. The Hall–Kier alpha value is -3.35.